The van der Waals surface area contributed by atoms with Gasteiger partial charge in [0.2, 0.25) is 0 Å². The fraction of sp³-hybridized carbons (Fsp3) is 0.265. The standard InChI is InChI=1S/C34H36O6/c35-24-30(36)32(38)33(39,22-27-15-7-2-8-16-27)34(23-28-17-9-3-10-18-28,40-25-29-19-11-4-12-20-29)31(37)21-26-13-5-1-6-14-26/h1-20,30,32,35-36,38-39H,21-25H2/t30-,32+,33+,34+/m1/s1. The molecule has 4 N–H and O–H groups in total. The van der Waals surface area contributed by atoms with Crippen LogP contribution in [0.1, 0.15) is 22.3 Å². The number of ether oxygens (including phenoxy) is 1. The zero-order valence-electron chi connectivity index (χ0n) is 22.3. The summed E-state index contributed by atoms with van der Waals surface area (Å²) < 4.78 is 6.55. The molecule has 0 amide bonds. The van der Waals surface area contributed by atoms with E-state index in [9.17, 15) is 25.2 Å². The van der Waals surface area contributed by atoms with Crippen LogP contribution in [0.4, 0.5) is 0 Å². The van der Waals surface area contributed by atoms with E-state index >= 15 is 0 Å². The van der Waals surface area contributed by atoms with E-state index < -0.39 is 35.8 Å². The molecule has 208 valence electrons. The second-order valence-corrected chi connectivity index (χ2v) is 10.1. The van der Waals surface area contributed by atoms with Crippen LogP contribution in [0.3, 0.4) is 0 Å². The highest BCUT2D eigenvalue weighted by Gasteiger charge is 2.61. The van der Waals surface area contributed by atoms with Crippen molar-refractivity contribution in [2.75, 3.05) is 6.61 Å². The van der Waals surface area contributed by atoms with Gasteiger partial charge >= 0.3 is 0 Å². The molecule has 4 aromatic carbocycles. The van der Waals surface area contributed by atoms with Crippen LogP contribution >= 0.6 is 0 Å². The first kappa shape index (κ1) is 29.3. The maximum Gasteiger partial charge on any atom is 0.172 e. The van der Waals surface area contributed by atoms with Gasteiger partial charge in [-0.2, -0.15) is 0 Å². The van der Waals surface area contributed by atoms with E-state index in [2.05, 4.69) is 0 Å². The molecule has 0 saturated heterocycles. The van der Waals surface area contributed by atoms with Gasteiger partial charge in [0.05, 0.1) is 13.2 Å². The summed E-state index contributed by atoms with van der Waals surface area (Å²) in [5.41, 5.74) is -1.55. The summed E-state index contributed by atoms with van der Waals surface area (Å²) in [5.74, 6) is -0.457. The first-order valence-corrected chi connectivity index (χ1v) is 13.4. The quantitative estimate of drug-likeness (QED) is 0.194. The van der Waals surface area contributed by atoms with E-state index in [1.54, 1.807) is 24.3 Å². The number of hydrogen-bond donors (Lipinski definition) is 4. The summed E-state index contributed by atoms with van der Waals surface area (Å²) in [5, 5.41) is 44.7. The Bertz CT molecular complexity index is 1320. The first-order valence-electron chi connectivity index (χ1n) is 13.4. The van der Waals surface area contributed by atoms with E-state index in [-0.39, 0.29) is 25.9 Å². The molecule has 0 aliphatic rings. The lowest BCUT2D eigenvalue weighted by Crippen LogP contribution is -2.71. The molecule has 0 bridgehead atoms. The summed E-state index contributed by atoms with van der Waals surface area (Å²) >= 11 is 0. The van der Waals surface area contributed by atoms with Gasteiger partial charge in [0.25, 0.3) is 0 Å². The third-order valence-electron chi connectivity index (χ3n) is 7.34. The molecule has 0 unspecified atom stereocenters. The monoisotopic (exact) mass is 540 g/mol. The number of hydrogen-bond acceptors (Lipinski definition) is 6. The van der Waals surface area contributed by atoms with E-state index in [0.717, 1.165) is 5.56 Å². The summed E-state index contributed by atoms with van der Waals surface area (Å²) in [6, 6.07) is 36.5. The number of rotatable bonds is 14. The number of aliphatic hydroxyl groups excluding tert-OH is 3. The van der Waals surface area contributed by atoms with Crippen molar-refractivity contribution in [2.24, 2.45) is 0 Å². The molecule has 4 atom stereocenters. The predicted molar refractivity (Wildman–Crippen MR) is 153 cm³/mol. The summed E-state index contributed by atoms with van der Waals surface area (Å²) in [7, 11) is 0. The van der Waals surface area contributed by atoms with E-state index in [0.29, 0.717) is 16.7 Å². The number of ketones is 1. The molecule has 0 heterocycles. The molecule has 40 heavy (non-hydrogen) atoms. The zero-order valence-corrected chi connectivity index (χ0v) is 22.3. The predicted octanol–water partition coefficient (Wildman–Crippen LogP) is 3.68. The highest BCUT2D eigenvalue weighted by atomic mass is 16.5. The lowest BCUT2D eigenvalue weighted by molar-refractivity contribution is -0.241. The third-order valence-corrected chi connectivity index (χ3v) is 7.34. The third kappa shape index (κ3) is 6.73. The number of Topliss-reactive ketones (excluding diaryl/α,β-unsaturated/α-hetero) is 1. The van der Waals surface area contributed by atoms with Gasteiger partial charge in [-0.25, -0.2) is 0 Å². The van der Waals surface area contributed by atoms with E-state index in [1.807, 2.05) is 97.1 Å². The van der Waals surface area contributed by atoms with Gasteiger partial charge < -0.3 is 25.2 Å². The van der Waals surface area contributed by atoms with Gasteiger partial charge in [-0.15, -0.1) is 0 Å². The number of carbonyl (C=O) groups is 1. The highest BCUT2D eigenvalue weighted by molar-refractivity contribution is 5.91. The van der Waals surface area contributed by atoms with E-state index in [4.69, 9.17) is 4.74 Å². The van der Waals surface area contributed by atoms with E-state index in [1.165, 1.54) is 0 Å². The molecule has 0 aliphatic heterocycles. The Morgan fingerprint density at radius 2 is 1.07 bits per heavy atom. The molecular formula is C34H36O6. The maximum atomic E-state index is 14.6. The van der Waals surface area contributed by atoms with Crippen LogP contribution in [0.2, 0.25) is 0 Å². The molecule has 0 aliphatic carbocycles. The lowest BCUT2D eigenvalue weighted by atomic mass is 9.67. The average Bonchev–Trinajstić information content (AvgIpc) is 3.00. The van der Waals surface area contributed by atoms with Crippen molar-refractivity contribution in [1.82, 2.24) is 0 Å². The SMILES string of the molecule is O=C(Cc1ccccc1)[C@](Cc1ccccc1)(OCc1ccccc1)[C@](O)(Cc1ccccc1)[C@@H](O)[C@H](O)CO. The summed E-state index contributed by atoms with van der Waals surface area (Å²) in [4.78, 5) is 14.6. The minimum absolute atomic E-state index is 0.0345. The fourth-order valence-corrected chi connectivity index (χ4v) is 5.15. The topological polar surface area (TPSA) is 107 Å². The van der Waals surface area contributed by atoms with Gasteiger partial charge in [0.1, 0.15) is 17.8 Å². The molecule has 0 aromatic heterocycles. The summed E-state index contributed by atoms with van der Waals surface area (Å²) in [6.45, 7) is -0.849. The van der Waals surface area contributed by atoms with Crippen LogP contribution < -0.4 is 0 Å². The molecule has 0 saturated carbocycles. The molecule has 6 nitrogen and oxygen atoms in total. The van der Waals surface area contributed by atoms with Crippen molar-refractivity contribution in [3.05, 3.63) is 144 Å². The van der Waals surface area contributed by atoms with Crippen LogP contribution in [0, 0.1) is 0 Å². The highest BCUT2D eigenvalue weighted by Crippen LogP contribution is 2.40. The van der Waals surface area contributed by atoms with Gasteiger partial charge in [0.15, 0.2) is 11.4 Å². The Morgan fingerprint density at radius 3 is 1.55 bits per heavy atom. The normalized spacial score (nSPS) is 15.9. The maximum absolute atomic E-state index is 14.6. The van der Waals surface area contributed by atoms with Crippen LogP contribution in [-0.4, -0.2) is 56.2 Å². The van der Waals surface area contributed by atoms with Gasteiger partial charge in [-0.1, -0.05) is 121 Å². The molecule has 4 aromatic rings. The van der Waals surface area contributed by atoms with Gasteiger partial charge in [-0.3, -0.25) is 4.79 Å². The lowest BCUT2D eigenvalue weighted by Gasteiger charge is -2.49. The van der Waals surface area contributed by atoms with Crippen LogP contribution in [0.5, 0.6) is 0 Å². The van der Waals surface area contributed by atoms with Crippen molar-refractivity contribution in [3.8, 4) is 0 Å². The Labute approximate surface area is 235 Å². The second-order valence-electron chi connectivity index (χ2n) is 10.1. The van der Waals surface area contributed by atoms with Crippen molar-refractivity contribution >= 4 is 5.78 Å². The minimum Gasteiger partial charge on any atom is -0.394 e. The van der Waals surface area contributed by atoms with Crippen LogP contribution in [0.25, 0.3) is 0 Å². The fourth-order valence-electron chi connectivity index (χ4n) is 5.15. The largest absolute Gasteiger partial charge is 0.394 e. The molecule has 0 spiro atoms. The van der Waals surface area contributed by atoms with Crippen molar-refractivity contribution in [2.45, 2.75) is 49.3 Å². The second kappa shape index (κ2) is 13.6. The Kier molecular flexibility index (Phi) is 9.98. The smallest absolute Gasteiger partial charge is 0.172 e. The first-order chi connectivity index (χ1) is 19.4. The Balaban J connectivity index is 1.92. The van der Waals surface area contributed by atoms with Gasteiger partial charge in [-0.05, 0) is 22.3 Å². The average molecular weight is 541 g/mol. The van der Waals surface area contributed by atoms with Gasteiger partial charge in [0, 0.05) is 19.3 Å². The number of carbonyl (C=O) groups excluding carboxylic acids is 1. The minimum atomic E-state index is -2.34. The van der Waals surface area contributed by atoms with Crippen LogP contribution in [0.15, 0.2) is 121 Å². The molecular weight excluding hydrogens is 504 g/mol. The molecule has 0 radical (unpaired) electrons. The Morgan fingerprint density at radius 1 is 0.650 bits per heavy atom. The number of benzene rings is 4. The molecule has 4 rings (SSSR count). The zero-order chi connectivity index (χ0) is 28.4. The number of aliphatic hydroxyl groups is 4. The Hall–Kier alpha value is -3.65. The molecule has 0 fully saturated rings. The molecule has 6 heteroatoms. The van der Waals surface area contributed by atoms with Crippen molar-refractivity contribution in [1.29, 1.82) is 0 Å². The summed E-state index contributed by atoms with van der Waals surface area (Å²) in [6.07, 6.45) is -4.02. The van der Waals surface area contributed by atoms with Crippen molar-refractivity contribution < 1.29 is 30.0 Å². The van der Waals surface area contributed by atoms with Crippen molar-refractivity contribution in [3.63, 3.8) is 0 Å². The van der Waals surface area contributed by atoms with Crippen LogP contribution in [-0.2, 0) is 35.4 Å².